The number of hydrogen-bond acceptors (Lipinski definition) is 5. The van der Waals surface area contributed by atoms with E-state index in [4.69, 9.17) is 4.74 Å². The minimum Gasteiger partial charge on any atom is -0.473 e. The molecule has 3 aromatic rings. The largest absolute Gasteiger partial charge is 0.473 e. The molecule has 3 aromatic carbocycles. The monoisotopic (exact) mass is 402 g/mol. The first-order valence-corrected chi connectivity index (χ1v) is 9.42. The standard InChI is InChI=1S/C24H22N2O4/c1-16(27)18-3-5-20(6-4-18)24(29)26-22-11-13-23(14-12-22)30-15-25-21-9-7-19(8-10-21)17(2)28/h3-14,25H,15H2,1-2H3,(H,26,29). The number of carbonyl (C=O) groups excluding carboxylic acids is 3. The molecular weight excluding hydrogens is 380 g/mol. The van der Waals surface area contributed by atoms with Crippen molar-refractivity contribution in [3.05, 3.63) is 89.5 Å². The summed E-state index contributed by atoms with van der Waals surface area (Å²) in [5.41, 5.74) is 3.18. The molecule has 0 bridgehead atoms. The van der Waals surface area contributed by atoms with Gasteiger partial charge in [-0.05, 0) is 74.5 Å². The second-order valence-electron chi connectivity index (χ2n) is 6.71. The molecule has 0 heterocycles. The lowest BCUT2D eigenvalue weighted by molar-refractivity contribution is 0.100. The first-order valence-electron chi connectivity index (χ1n) is 9.42. The maximum Gasteiger partial charge on any atom is 0.255 e. The van der Waals surface area contributed by atoms with E-state index in [2.05, 4.69) is 10.6 Å². The van der Waals surface area contributed by atoms with Crippen LogP contribution in [0.3, 0.4) is 0 Å². The molecule has 0 aliphatic heterocycles. The smallest absolute Gasteiger partial charge is 0.255 e. The summed E-state index contributed by atoms with van der Waals surface area (Å²) in [6.45, 7) is 3.27. The SMILES string of the molecule is CC(=O)c1ccc(NCOc2ccc(NC(=O)c3ccc(C(C)=O)cc3)cc2)cc1. The van der Waals surface area contributed by atoms with Crippen molar-refractivity contribution in [1.29, 1.82) is 0 Å². The molecule has 0 aromatic heterocycles. The Balaban J connectivity index is 1.50. The van der Waals surface area contributed by atoms with E-state index in [1.165, 1.54) is 13.8 Å². The van der Waals surface area contributed by atoms with Crippen molar-refractivity contribution in [2.24, 2.45) is 0 Å². The maximum atomic E-state index is 12.3. The van der Waals surface area contributed by atoms with Gasteiger partial charge in [-0.1, -0.05) is 12.1 Å². The Morgan fingerprint density at radius 1 is 0.667 bits per heavy atom. The van der Waals surface area contributed by atoms with Crippen LogP contribution in [0.25, 0.3) is 0 Å². The Morgan fingerprint density at radius 3 is 1.67 bits per heavy atom. The van der Waals surface area contributed by atoms with Crippen molar-refractivity contribution >= 4 is 28.8 Å². The number of carbonyl (C=O) groups is 3. The normalized spacial score (nSPS) is 10.2. The van der Waals surface area contributed by atoms with Crippen LogP contribution in [0.1, 0.15) is 44.9 Å². The fraction of sp³-hybridized carbons (Fsp3) is 0.125. The number of benzene rings is 3. The summed E-state index contributed by atoms with van der Waals surface area (Å²) in [6, 6.07) is 20.7. The van der Waals surface area contributed by atoms with Crippen LogP contribution in [0.5, 0.6) is 5.75 Å². The quantitative estimate of drug-likeness (QED) is 0.418. The number of hydrogen-bond donors (Lipinski definition) is 2. The van der Waals surface area contributed by atoms with Gasteiger partial charge in [0.2, 0.25) is 0 Å². The molecule has 30 heavy (non-hydrogen) atoms. The van der Waals surface area contributed by atoms with Crippen LogP contribution in [0.2, 0.25) is 0 Å². The van der Waals surface area contributed by atoms with Crippen molar-refractivity contribution in [2.75, 3.05) is 17.4 Å². The van der Waals surface area contributed by atoms with Gasteiger partial charge in [0.05, 0.1) is 0 Å². The van der Waals surface area contributed by atoms with E-state index in [0.29, 0.717) is 28.1 Å². The average Bonchev–Trinajstić information content (AvgIpc) is 2.75. The molecule has 6 nitrogen and oxygen atoms in total. The molecule has 0 aliphatic carbocycles. The highest BCUT2D eigenvalue weighted by atomic mass is 16.5. The summed E-state index contributed by atoms with van der Waals surface area (Å²) < 4.78 is 5.65. The highest BCUT2D eigenvalue weighted by molar-refractivity contribution is 6.05. The van der Waals surface area contributed by atoms with Crippen LogP contribution in [0.4, 0.5) is 11.4 Å². The number of ether oxygens (including phenoxy) is 1. The van der Waals surface area contributed by atoms with E-state index < -0.39 is 0 Å². The molecule has 1 amide bonds. The van der Waals surface area contributed by atoms with Gasteiger partial charge in [-0.3, -0.25) is 14.4 Å². The fourth-order valence-electron chi connectivity index (χ4n) is 2.72. The van der Waals surface area contributed by atoms with Crippen LogP contribution in [-0.2, 0) is 0 Å². The van der Waals surface area contributed by atoms with Crippen molar-refractivity contribution in [1.82, 2.24) is 0 Å². The molecule has 0 aliphatic rings. The lowest BCUT2D eigenvalue weighted by Crippen LogP contribution is -2.12. The van der Waals surface area contributed by atoms with Crippen LogP contribution >= 0.6 is 0 Å². The zero-order valence-corrected chi connectivity index (χ0v) is 16.8. The molecule has 152 valence electrons. The number of amides is 1. The Labute approximate surface area is 174 Å². The Kier molecular flexibility index (Phi) is 6.60. The Morgan fingerprint density at radius 2 is 1.13 bits per heavy atom. The maximum absolute atomic E-state index is 12.3. The molecule has 3 rings (SSSR count). The number of anilines is 2. The number of rotatable bonds is 8. The van der Waals surface area contributed by atoms with Crippen molar-refractivity contribution in [2.45, 2.75) is 13.8 Å². The number of nitrogens with one attached hydrogen (secondary N) is 2. The zero-order chi connectivity index (χ0) is 21.5. The van der Waals surface area contributed by atoms with Gasteiger partial charge < -0.3 is 15.4 Å². The predicted molar refractivity (Wildman–Crippen MR) is 116 cm³/mol. The Hall–Kier alpha value is -3.93. The van der Waals surface area contributed by atoms with Gasteiger partial charge in [0.15, 0.2) is 18.3 Å². The Bertz CT molecular complexity index is 1040. The molecular formula is C24H22N2O4. The second kappa shape index (κ2) is 9.52. The molecule has 0 spiro atoms. The van der Waals surface area contributed by atoms with Gasteiger partial charge in [-0.25, -0.2) is 0 Å². The van der Waals surface area contributed by atoms with Crippen LogP contribution in [-0.4, -0.2) is 24.2 Å². The molecule has 0 saturated carbocycles. The van der Waals surface area contributed by atoms with Crippen molar-refractivity contribution in [3.8, 4) is 5.75 Å². The lowest BCUT2D eigenvalue weighted by Gasteiger charge is -2.10. The first-order chi connectivity index (χ1) is 14.4. The van der Waals surface area contributed by atoms with Crippen molar-refractivity contribution < 1.29 is 19.1 Å². The summed E-state index contributed by atoms with van der Waals surface area (Å²) in [5.74, 6) is 0.374. The lowest BCUT2D eigenvalue weighted by atomic mass is 10.1. The topological polar surface area (TPSA) is 84.5 Å². The molecule has 0 saturated heterocycles. The molecule has 2 N–H and O–H groups in total. The first kappa shape index (κ1) is 20.8. The summed E-state index contributed by atoms with van der Waals surface area (Å²) in [5, 5.41) is 5.92. The van der Waals surface area contributed by atoms with Gasteiger partial charge in [-0.15, -0.1) is 0 Å². The van der Waals surface area contributed by atoms with E-state index in [0.717, 1.165) is 5.69 Å². The third kappa shape index (κ3) is 5.54. The van der Waals surface area contributed by atoms with E-state index >= 15 is 0 Å². The third-order valence-corrected chi connectivity index (χ3v) is 4.47. The summed E-state index contributed by atoms with van der Waals surface area (Å²) >= 11 is 0. The van der Waals surface area contributed by atoms with Gasteiger partial charge in [0, 0.05) is 28.1 Å². The van der Waals surface area contributed by atoms with E-state index in [9.17, 15) is 14.4 Å². The van der Waals surface area contributed by atoms with E-state index in [1.807, 2.05) is 12.1 Å². The summed E-state index contributed by atoms with van der Waals surface area (Å²) in [7, 11) is 0. The minimum absolute atomic E-state index is 0.0260. The van der Waals surface area contributed by atoms with Crippen molar-refractivity contribution in [3.63, 3.8) is 0 Å². The molecule has 0 atom stereocenters. The summed E-state index contributed by atoms with van der Waals surface area (Å²) in [4.78, 5) is 34.9. The number of Topliss-reactive ketones (excluding diaryl/α,β-unsaturated/α-hetero) is 2. The summed E-state index contributed by atoms with van der Waals surface area (Å²) in [6.07, 6.45) is 0. The second-order valence-corrected chi connectivity index (χ2v) is 6.71. The molecule has 6 heteroatoms. The highest BCUT2D eigenvalue weighted by Gasteiger charge is 2.07. The van der Waals surface area contributed by atoms with Gasteiger partial charge >= 0.3 is 0 Å². The molecule has 0 fully saturated rings. The van der Waals surface area contributed by atoms with E-state index in [1.54, 1.807) is 60.7 Å². The van der Waals surface area contributed by atoms with E-state index in [-0.39, 0.29) is 24.2 Å². The van der Waals surface area contributed by atoms with Crippen LogP contribution < -0.4 is 15.4 Å². The van der Waals surface area contributed by atoms with Crippen LogP contribution in [0, 0.1) is 0 Å². The van der Waals surface area contributed by atoms with Crippen LogP contribution in [0.15, 0.2) is 72.8 Å². The molecule has 0 radical (unpaired) electrons. The van der Waals surface area contributed by atoms with Gasteiger partial charge in [0.1, 0.15) is 5.75 Å². The minimum atomic E-state index is -0.255. The zero-order valence-electron chi connectivity index (χ0n) is 16.8. The average molecular weight is 402 g/mol. The fourth-order valence-corrected chi connectivity index (χ4v) is 2.72. The molecule has 0 unspecified atom stereocenters. The predicted octanol–water partition coefficient (Wildman–Crippen LogP) is 4.79. The number of ketones is 2. The van der Waals surface area contributed by atoms with Gasteiger partial charge in [0.25, 0.3) is 5.91 Å². The third-order valence-electron chi connectivity index (χ3n) is 4.47. The highest BCUT2D eigenvalue weighted by Crippen LogP contribution is 2.17. The van der Waals surface area contributed by atoms with Gasteiger partial charge in [-0.2, -0.15) is 0 Å².